The summed E-state index contributed by atoms with van der Waals surface area (Å²) >= 11 is 1.16. The first-order chi connectivity index (χ1) is 14.9. The number of carbonyl (C=O) groups is 1. The zero-order chi connectivity index (χ0) is 21.8. The summed E-state index contributed by atoms with van der Waals surface area (Å²) in [5, 5.41) is 4.62. The van der Waals surface area contributed by atoms with Gasteiger partial charge in [-0.1, -0.05) is 36.4 Å². The molecule has 0 saturated carbocycles. The Morgan fingerprint density at radius 1 is 0.903 bits per heavy atom. The maximum absolute atomic E-state index is 13.9. The molecule has 0 aliphatic carbocycles. The summed E-state index contributed by atoms with van der Waals surface area (Å²) in [5.41, 5.74) is 1.15. The number of amides is 1. The minimum Gasteiger partial charge on any atom is -0.321 e. The van der Waals surface area contributed by atoms with Crippen LogP contribution in [-0.2, 0) is 10.0 Å². The second-order valence-electron chi connectivity index (χ2n) is 6.47. The van der Waals surface area contributed by atoms with Gasteiger partial charge in [0, 0.05) is 16.6 Å². The van der Waals surface area contributed by atoms with E-state index >= 15 is 0 Å². The van der Waals surface area contributed by atoms with E-state index in [0.29, 0.717) is 21.9 Å². The van der Waals surface area contributed by atoms with Crippen molar-refractivity contribution in [2.24, 2.45) is 0 Å². The lowest BCUT2D eigenvalue weighted by atomic mass is 10.2. The monoisotopic (exact) mass is 453 g/mol. The molecule has 0 radical (unpaired) electrons. The molecule has 0 aliphatic rings. The fourth-order valence-electron chi connectivity index (χ4n) is 2.81. The lowest BCUT2D eigenvalue weighted by Gasteiger charge is -2.10. The molecule has 1 amide bonds. The topological polar surface area (TPSA) is 88.2 Å². The van der Waals surface area contributed by atoms with E-state index in [1.54, 1.807) is 60.0 Å². The second-order valence-corrected chi connectivity index (χ2v) is 9.01. The summed E-state index contributed by atoms with van der Waals surface area (Å²) in [7, 11) is -3.75. The van der Waals surface area contributed by atoms with Crippen molar-refractivity contribution in [1.29, 1.82) is 0 Å². The highest BCUT2D eigenvalue weighted by Gasteiger charge is 2.16. The number of hydrogen-bond acceptors (Lipinski definition) is 5. The van der Waals surface area contributed by atoms with E-state index in [-0.39, 0.29) is 10.6 Å². The Bertz CT molecular complexity index is 1340. The van der Waals surface area contributed by atoms with Crippen molar-refractivity contribution in [2.75, 3.05) is 10.0 Å². The summed E-state index contributed by atoms with van der Waals surface area (Å²) in [6, 6.07) is 20.5. The van der Waals surface area contributed by atoms with Crippen LogP contribution in [-0.4, -0.2) is 19.3 Å². The molecule has 4 rings (SSSR count). The lowest BCUT2D eigenvalue weighted by molar-refractivity contribution is 0.102. The van der Waals surface area contributed by atoms with Gasteiger partial charge in [0.1, 0.15) is 16.5 Å². The van der Waals surface area contributed by atoms with Crippen molar-refractivity contribution in [1.82, 2.24) is 4.98 Å². The van der Waals surface area contributed by atoms with Gasteiger partial charge in [0.15, 0.2) is 0 Å². The predicted octanol–water partition coefficient (Wildman–Crippen LogP) is 5.00. The Morgan fingerprint density at radius 2 is 1.61 bits per heavy atom. The van der Waals surface area contributed by atoms with Crippen LogP contribution in [0.5, 0.6) is 0 Å². The van der Waals surface area contributed by atoms with Crippen molar-refractivity contribution >= 4 is 38.6 Å². The van der Waals surface area contributed by atoms with Gasteiger partial charge < -0.3 is 5.32 Å². The Labute approximate surface area is 182 Å². The molecular weight excluding hydrogens is 437 g/mol. The van der Waals surface area contributed by atoms with Crippen molar-refractivity contribution in [2.45, 2.75) is 4.90 Å². The number of benzene rings is 3. The molecular formula is C22H16FN3O3S2. The van der Waals surface area contributed by atoms with E-state index in [1.165, 1.54) is 24.3 Å². The number of aromatic nitrogens is 1. The number of carbonyl (C=O) groups excluding carboxylic acids is 1. The predicted molar refractivity (Wildman–Crippen MR) is 119 cm³/mol. The minimum atomic E-state index is -3.75. The molecule has 2 N–H and O–H groups in total. The highest BCUT2D eigenvalue weighted by molar-refractivity contribution is 7.92. The van der Waals surface area contributed by atoms with Crippen LogP contribution in [0.4, 0.5) is 15.8 Å². The number of nitrogens with one attached hydrogen (secondary N) is 2. The first-order valence-electron chi connectivity index (χ1n) is 9.12. The van der Waals surface area contributed by atoms with E-state index in [1.807, 2.05) is 0 Å². The summed E-state index contributed by atoms with van der Waals surface area (Å²) < 4.78 is 41.4. The van der Waals surface area contributed by atoms with Crippen molar-refractivity contribution in [3.05, 3.63) is 95.8 Å². The Morgan fingerprint density at radius 3 is 2.39 bits per heavy atom. The van der Waals surface area contributed by atoms with Crippen LogP contribution in [0.2, 0.25) is 0 Å². The second kappa shape index (κ2) is 8.66. The molecule has 6 nitrogen and oxygen atoms in total. The zero-order valence-electron chi connectivity index (χ0n) is 15.9. The summed E-state index contributed by atoms with van der Waals surface area (Å²) in [5.74, 6) is -0.899. The standard InChI is InChI=1S/C22H16FN3O3S2/c23-19-12-5-4-11-18(19)22-25-20(14-30-22)21(27)24-15-7-6-8-16(13-15)26-31(28,29)17-9-2-1-3-10-17/h1-14,26H,(H,24,27). The molecule has 9 heteroatoms. The van der Waals surface area contributed by atoms with E-state index in [9.17, 15) is 17.6 Å². The van der Waals surface area contributed by atoms with Gasteiger partial charge >= 0.3 is 0 Å². The van der Waals surface area contributed by atoms with Crippen LogP contribution >= 0.6 is 11.3 Å². The number of hydrogen-bond donors (Lipinski definition) is 2. The Hall–Kier alpha value is -3.56. The van der Waals surface area contributed by atoms with Gasteiger partial charge in [-0.3, -0.25) is 9.52 Å². The summed E-state index contributed by atoms with van der Waals surface area (Å²) in [6.07, 6.45) is 0. The van der Waals surface area contributed by atoms with Gasteiger partial charge in [0.2, 0.25) is 0 Å². The molecule has 156 valence electrons. The van der Waals surface area contributed by atoms with E-state index in [4.69, 9.17) is 0 Å². The van der Waals surface area contributed by atoms with Crippen LogP contribution < -0.4 is 10.0 Å². The molecule has 0 spiro atoms. The van der Waals surface area contributed by atoms with E-state index in [0.717, 1.165) is 11.3 Å². The maximum Gasteiger partial charge on any atom is 0.275 e. The van der Waals surface area contributed by atoms with Gasteiger partial charge in [0.25, 0.3) is 15.9 Å². The van der Waals surface area contributed by atoms with Crippen LogP contribution in [0.1, 0.15) is 10.5 Å². The van der Waals surface area contributed by atoms with Gasteiger partial charge in [-0.15, -0.1) is 11.3 Å². The molecule has 0 bridgehead atoms. The molecule has 0 fully saturated rings. The average Bonchev–Trinajstić information content (AvgIpc) is 3.25. The number of anilines is 2. The first kappa shape index (κ1) is 20.7. The number of rotatable bonds is 6. The number of sulfonamides is 1. The summed E-state index contributed by atoms with van der Waals surface area (Å²) in [6.45, 7) is 0. The average molecular weight is 454 g/mol. The molecule has 0 unspecified atom stereocenters. The Kier molecular flexibility index (Phi) is 5.79. The number of halogens is 1. The fourth-order valence-corrected chi connectivity index (χ4v) is 4.70. The van der Waals surface area contributed by atoms with Crippen molar-refractivity contribution in [3.8, 4) is 10.6 Å². The third-order valence-electron chi connectivity index (χ3n) is 4.27. The number of nitrogens with zero attached hydrogens (tertiary/aromatic N) is 1. The Balaban J connectivity index is 1.49. The zero-order valence-corrected chi connectivity index (χ0v) is 17.6. The van der Waals surface area contributed by atoms with Gasteiger partial charge in [-0.2, -0.15) is 0 Å². The number of thiazole rings is 1. The third-order valence-corrected chi connectivity index (χ3v) is 6.54. The molecule has 1 heterocycles. The maximum atomic E-state index is 13.9. The molecule has 3 aromatic carbocycles. The molecule has 4 aromatic rings. The molecule has 31 heavy (non-hydrogen) atoms. The SMILES string of the molecule is O=C(Nc1cccc(NS(=O)(=O)c2ccccc2)c1)c1csc(-c2ccccc2F)n1. The minimum absolute atomic E-state index is 0.132. The fraction of sp³-hybridized carbons (Fsp3) is 0. The molecule has 1 aromatic heterocycles. The quantitative estimate of drug-likeness (QED) is 0.430. The van der Waals surface area contributed by atoms with Gasteiger partial charge in [-0.25, -0.2) is 17.8 Å². The summed E-state index contributed by atoms with van der Waals surface area (Å²) in [4.78, 5) is 16.9. The van der Waals surface area contributed by atoms with Crippen LogP contribution in [0.15, 0.2) is 89.1 Å². The van der Waals surface area contributed by atoms with E-state index in [2.05, 4.69) is 15.0 Å². The molecule has 0 aliphatic heterocycles. The van der Waals surface area contributed by atoms with Gasteiger partial charge in [-0.05, 0) is 42.5 Å². The first-order valence-corrected chi connectivity index (χ1v) is 11.5. The van der Waals surface area contributed by atoms with Crippen molar-refractivity contribution in [3.63, 3.8) is 0 Å². The normalized spacial score (nSPS) is 11.1. The highest BCUT2D eigenvalue weighted by atomic mass is 32.2. The smallest absolute Gasteiger partial charge is 0.275 e. The molecule has 0 saturated heterocycles. The van der Waals surface area contributed by atoms with Crippen molar-refractivity contribution < 1.29 is 17.6 Å². The molecule has 0 atom stereocenters. The highest BCUT2D eigenvalue weighted by Crippen LogP contribution is 2.27. The lowest BCUT2D eigenvalue weighted by Crippen LogP contribution is -2.14. The third kappa shape index (κ3) is 4.79. The van der Waals surface area contributed by atoms with Crippen LogP contribution in [0, 0.1) is 5.82 Å². The van der Waals surface area contributed by atoms with Crippen LogP contribution in [0.25, 0.3) is 10.6 Å². The van der Waals surface area contributed by atoms with Crippen LogP contribution in [0.3, 0.4) is 0 Å². The largest absolute Gasteiger partial charge is 0.321 e. The van der Waals surface area contributed by atoms with E-state index < -0.39 is 21.7 Å². The van der Waals surface area contributed by atoms with Gasteiger partial charge in [0.05, 0.1) is 10.6 Å².